The lowest BCUT2D eigenvalue weighted by Gasteiger charge is -2.20. The second kappa shape index (κ2) is 7.93. The molecule has 5 nitrogen and oxygen atoms in total. The summed E-state index contributed by atoms with van der Waals surface area (Å²) in [6.45, 7) is 0. The van der Waals surface area contributed by atoms with E-state index in [2.05, 4.69) is 10.3 Å². The fourth-order valence-corrected chi connectivity index (χ4v) is 3.30. The molecular formula is C15H20N2O3S. The molecule has 0 saturated heterocycles. The van der Waals surface area contributed by atoms with Gasteiger partial charge in [-0.15, -0.1) is 0 Å². The van der Waals surface area contributed by atoms with Crippen LogP contribution in [0.2, 0.25) is 0 Å². The number of carboxylic acid groups (broad SMARTS) is 1. The van der Waals surface area contributed by atoms with Crippen LogP contribution >= 0.6 is 11.3 Å². The number of nitrogens with zero attached hydrogens (tertiary/aromatic N) is 1. The fourth-order valence-electron chi connectivity index (χ4n) is 2.57. The van der Waals surface area contributed by atoms with Crippen molar-refractivity contribution in [2.45, 2.75) is 44.9 Å². The van der Waals surface area contributed by atoms with Gasteiger partial charge in [-0.2, -0.15) is 0 Å². The number of rotatable bonds is 6. The third-order valence-corrected chi connectivity index (χ3v) is 4.54. The molecule has 1 heterocycles. The predicted octanol–water partition coefficient (Wildman–Crippen LogP) is 3.54. The molecule has 0 bridgehead atoms. The van der Waals surface area contributed by atoms with E-state index in [4.69, 9.17) is 5.11 Å². The lowest BCUT2D eigenvalue weighted by molar-refractivity contribution is -0.131. The maximum atomic E-state index is 11.9. The average Bonchev–Trinajstić information content (AvgIpc) is 2.91. The van der Waals surface area contributed by atoms with Gasteiger partial charge in [0.05, 0.1) is 0 Å². The number of aromatic nitrogens is 1. The monoisotopic (exact) mass is 308 g/mol. The van der Waals surface area contributed by atoms with E-state index in [9.17, 15) is 9.59 Å². The van der Waals surface area contributed by atoms with Gasteiger partial charge >= 0.3 is 5.97 Å². The third-order valence-electron chi connectivity index (χ3n) is 3.66. The minimum Gasteiger partial charge on any atom is -0.478 e. The number of carbonyl (C=O) groups excluding carboxylic acids is 1. The Morgan fingerprint density at radius 3 is 2.86 bits per heavy atom. The quantitative estimate of drug-likeness (QED) is 0.788. The van der Waals surface area contributed by atoms with E-state index >= 15 is 0 Å². The molecule has 1 aromatic heterocycles. The maximum absolute atomic E-state index is 11.9. The van der Waals surface area contributed by atoms with Gasteiger partial charge in [0.1, 0.15) is 0 Å². The molecule has 6 heteroatoms. The molecule has 0 aromatic carbocycles. The number of aliphatic carboxylic acids is 1. The first-order chi connectivity index (χ1) is 10.1. The molecule has 0 unspecified atom stereocenters. The van der Waals surface area contributed by atoms with Crippen molar-refractivity contribution in [2.75, 3.05) is 5.32 Å². The minimum absolute atomic E-state index is 0.0105. The molecule has 1 aliphatic rings. The van der Waals surface area contributed by atoms with E-state index in [1.807, 2.05) is 0 Å². The Hall–Kier alpha value is -1.69. The Labute approximate surface area is 128 Å². The minimum atomic E-state index is -0.999. The van der Waals surface area contributed by atoms with E-state index in [0.717, 1.165) is 12.5 Å². The summed E-state index contributed by atoms with van der Waals surface area (Å²) in [5, 5.41) is 11.8. The summed E-state index contributed by atoms with van der Waals surface area (Å²) in [5.74, 6) is -0.319. The van der Waals surface area contributed by atoms with Crippen LogP contribution in [-0.2, 0) is 9.59 Å². The molecule has 114 valence electrons. The molecule has 0 radical (unpaired) electrons. The van der Waals surface area contributed by atoms with Crippen LogP contribution in [0.15, 0.2) is 12.3 Å². The summed E-state index contributed by atoms with van der Waals surface area (Å²) in [5.41, 5.74) is 0. The van der Waals surface area contributed by atoms with Crippen molar-refractivity contribution in [3.8, 4) is 0 Å². The third kappa shape index (κ3) is 5.67. The van der Waals surface area contributed by atoms with Crippen LogP contribution in [0.25, 0.3) is 6.08 Å². The first-order valence-electron chi connectivity index (χ1n) is 7.30. The lowest BCUT2D eigenvalue weighted by atomic mass is 9.86. The van der Waals surface area contributed by atoms with Crippen LogP contribution in [0.3, 0.4) is 0 Å². The topological polar surface area (TPSA) is 79.3 Å². The van der Waals surface area contributed by atoms with Gasteiger partial charge in [0, 0.05) is 23.6 Å². The van der Waals surface area contributed by atoms with Crippen LogP contribution in [0.5, 0.6) is 0 Å². The molecule has 0 spiro atoms. The smallest absolute Gasteiger partial charge is 0.328 e. The number of hydrogen-bond donors (Lipinski definition) is 2. The zero-order valence-electron chi connectivity index (χ0n) is 11.9. The highest BCUT2D eigenvalue weighted by molar-refractivity contribution is 7.16. The molecule has 0 aliphatic heterocycles. The number of carbonyl (C=O) groups is 2. The van der Waals surface area contributed by atoms with E-state index in [1.54, 1.807) is 6.20 Å². The Balaban J connectivity index is 1.75. The molecule has 1 aromatic rings. The van der Waals surface area contributed by atoms with Gasteiger partial charge in [-0.1, -0.05) is 43.4 Å². The van der Waals surface area contributed by atoms with Gasteiger partial charge in [0.25, 0.3) is 0 Å². The van der Waals surface area contributed by atoms with Crippen molar-refractivity contribution in [1.29, 1.82) is 0 Å². The van der Waals surface area contributed by atoms with E-state index in [-0.39, 0.29) is 5.91 Å². The molecule has 2 N–H and O–H groups in total. The number of anilines is 1. The van der Waals surface area contributed by atoms with Crippen molar-refractivity contribution in [3.63, 3.8) is 0 Å². The normalized spacial score (nSPS) is 16.2. The van der Waals surface area contributed by atoms with Gasteiger partial charge < -0.3 is 10.4 Å². The Morgan fingerprint density at radius 2 is 2.14 bits per heavy atom. The van der Waals surface area contributed by atoms with Gasteiger partial charge in [-0.3, -0.25) is 4.79 Å². The van der Waals surface area contributed by atoms with E-state index in [0.29, 0.717) is 22.3 Å². The Bertz CT molecular complexity index is 519. The summed E-state index contributed by atoms with van der Waals surface area (Å²) >= 11 is 1.27. The van der Waals surface area contributed by atoms with Crippen LogP contribution in [0.4, 0.5) is 5.13 Å². The van der Waals surface area contributed by atoms with Crippen molar-refractivity contribution in [2.24, 2.45) is 5.92 Å². The largest absolute Gasteiger partial charge is 0.478 e. The summed E-state index contributed by atoms with van der Waals surface area (Å²) in [4.78, 5) is 27.1. The van der Waals surface area contributed by atoms with Crippen LogP contribution in [-0.4, -0.2) is 22.0 Å². The second-order valence-electron chi connectivity index (χ2n) is 5.33. The highest BCUT2D eigenvalue weighted by Crippen LogP contribution is 2.27. The summed E-state index contributed by atoms with van der Waals surface area (Å²) in [7, 11) is 0. The zero-order valence-corrected chi connectivity index (χ0v) is 12.7. The van der Waals surface area contributed by atoms with Gasteiger partial charge in [0.15, 0.2) is 5.13 Å². The predicted molar refractivity (Wildman–Crippen MR) is 83.2 cm³/mol. The number of hydrogen-bond acceptors (Lipinski definition) is 4. The van der Waals surface area contributed by atoms with Crippen molar-refractivity contribution >= 4 is 34.4 Å². The maximum Gasteiger partial charge on any atom is 0.328 e. The van der Waals surface area contributed by atoms with Crippen molar-refractivity contribution < 1.29 is 14.7 Å². The Morgan fingerprint density at radius 1 is 1.38 bits per heavy atom. The van der Waals surface area contributed by atoms with Gasteiger partial charge in [-0.05, 0) is 18.4 Å². The Kier molecular flexibility index (Phi) is 5.92. The van der Waals surface area contributed by atoms with Crippen molar-refractivity contribution in [3.05, 3.63) is 17.2 Å². The van der Waals surface area contributed by atoms with E-state index in [1.165, 1.54) is 49.5 Å². The van der Waals surface area contributed by atoms with Crippen LogP contribution in [0.1, 0.15) is 49.8 Å². The SMILES string of the molecule is O=C(O)C=Cc1cnc(NC(=O)CCC2CCCCC2)s1. The summed E-state index contributed by atoms with van der Waals surface area (Å²) < 4.78 is 0. The number of thiazole rings is 1. The first-order valence-corrected chi connectivity index (χ1v) is 8.12. The molecule has 21 heavy (non-hydrogen) atoms. The number of carboxylic acids is 1. The molecule has 2 rings (SSSR count). The molecule has 1 saturated carbocycles. The summed E-state index contributed by atoms with van der Waals surface area (Å²) in [6, 6.07) is 0. The molecule has 0 atom stereocenters. The highest BCUT2D eigenvalue weighted by atomic mass is 32.1. The lowest BCUT2D eigenvalue weighted by Crippen LogP contribution is -2.14. The highest BCUT2D eigenvalue weighted by Gasteiger charge is 2.15. The number of nitrogens with one attached hydrogen (secondary N) is 1. The standard InChI is InChI=1S/C15H20N2O3S/c18-13(8-6-11-4-2-1-3-5-11)17-15-16-10-12(21-15)7-9-14(19)20/h7,9-11H,1-6,8H2,(H,19,20)(H,16,17,18). The zero-order chi connectivity index (χ0) is 15.1. The molecular weight excluding hydrogens is 288 g/mol. The van der Waals surface area contributed by atoms with Gasteiger partial charge in [-0.25, -0.2) is 9.78 Å². The number of amides is 1. The summed E-state index contributed by atoms with van der Waals surface area (Å²) in [6.07, 6.45) is 12.0. The molecule has 1 aliphatic carbocycles. The van der Waals surface area contributed by atoms with Crippen molar-refractivity contribution in [1.82, 2.24) is 4.98 Å². The van der Waals surface area contributed by atoms with E-state index < -0.39 is 5.97 Å². The first kappa shape index (κ1) is 15.7. The van der Waals surface area contributed by atoms with Crippen LogP contribution < -0.4 is 5.32 Å². The van der Waals surface area contributed by atoms with Crippen LogP contribution in [0, 0.1) is 5.92 Å². The van der Waals surface area contributed by atoms with Gasteiger partial charge in [0.2, 0.25) is 5.91 Å². The average molecular weight is 308 g/mol. The molecule has 1 amide bonds. The fraction of sp³-hybridized carbons (Fsp3) is 0.533. The second-order valence-corrected chi connectivity index (χ2v) is 6.39. The molecule has 1 fully saturated rings.